The number of nitrogens with one attached hydrogen (secondary N) is 1. The average molecular weight is 318 g/mol. The summed E-state index contributed by atoms with van der Waals surface area (Å²) in [6.45, 7) is 0.392. The maximum Gasteiger partial charge on any atom is 0.306 e. The van der Waals surface area contributed by atoms with Crippen molar-refractivity contribution in [2.45, 2.75) is 50.6 Å². The second-order valence-corrected chi connectivity index (χ2v) is 7.86. The van der Waals surface area contributed by atoms with Gasteiger partial charge in [-0.25, -0.2) is 8.42 Å². The Hall–Kier alpha value is -1.15. The molecule has 120 valence electrons. The molecule has 1 aliphatic heterocycles. The van der Waals surface area contributed by atoms with E-state index < -0.39 is 22.0 Å². The van der Waals surface area contributed by atoms with Crippen molar-refractivity contribution in [2.75, 3.05) is 12.8 Å². The molecular weight excluding hydrogens is 296 g/mol. The molecule has 0 aromatic rings. The highest BCUT2D eigenvalue weighted by molar-refractivity contribution is 7.88. The maximum atomic E-state index is 12.3. The van der Waals surface area contributed by atoms with E-state index in [2.05, 4.69) is 5.32 Å². The lowest BCUT2D eigenvalue weighted by Crippen LogP contribution is -2.49. The van der Waals surface area contributed by atoms with E-state index in [4.69, 9.17) is 5.11 Å². The first-order valence-corrected chi connectivity index (χ1v) is 9.14. The van der Waals surface area contributed by atoms with Crippen molar-refractivity contribution in [1.82, 2.24) is 9.62 Å². The van der Waals surface area contributed by atoms with Gasteiger partial charge in [0.1, 0.15) is 6.04 Å². The van der Waals surface area contributed by atoms with Gasteiger partial charge in [-0.05, 0) is 38.5 Å². The predicted octanol–water partition coefficient (Wildman–Crippen LogP) is 0.170. The SMILES string of the molecule is CS(=O)(=O)N1CCC[C@@H]1C(=O)NC1CCC(C(=O)O)CC1. The van der Waals surface area contributed by atoms with Crippen molar-refractivity contribution in [2.24, 2.45) is 5.92 Å². The summed E-state index contributed by atoms with van der Waals surface area (Å²) in [5.74, 6) is -1.35. The van der Waals surface area contributed by atoms with E-state index in [0.29, 0.717) is 45.1 Å². The van der Waals surface area contributed by atoms with Crippen LogP contribution in [0.2, 0.25) is 0 Å². The Morgan fingerprint density at radius 3 is 2.29 bits per heavy atom. The first kappa shape index (κ1) is 16.2. The third kappa shape index (κ3) is 3.94. The summed E-state index contributed by atoms with van der Waals surface area (Å²) in [5.41, 5.74) is 0. The summed E-state index contributed by atoms with van der Waals surface area (Å²) >= 11 is 0. The standard InChI is InChI=1S/C13H22N2O5S/c1-21(19,20)15-8-2-3-11(15)12(16)14-10-6-4-9(5-7-10)13(17)18/h9-11H,2-8H2,1H3,(H,14,16)(H,17,18)/t9?,10?,11-/m1/s1. The van der Waals surface area contributed by atoms with E-state index >= 15 is 0 Å². The molecule has 2 rings (SSSR count). The van der Waals surface area contributed by atoms with E-state index in [1.54, 1.807) is 0 Å². The van der Waals surface area contributed by atoms with E-state index in [-0.39, 0.29) is 17.9 Å². The Morgan fingerprint density at radius 1 is 1.14 bits per heavy atom. The van der Waals surface area contributed by atoms with Gasteiger partial charge >= 0.3 is 5.97 Å². The van der Waals surface area contributed by atoms with Crippen LogP contribution in [-0.2, 0) is 19.6 Å². The number of carboxylic acid groups (broad SMARTS) is 1. The van der Waals surface area contributed by atoms with Crippen LogP contribution in [0.15, 0.2) is 0 Å². The largest absolute Gasteiger partial charge is 0.481 e. The minimum absolute atomic E-state index is 0.0462. The monoisotopic (exact) mass is 318 g/mol. The molecule has 1 aliphatic carbocycles. The molecule has 1 amide bonds. The van der Waals surface area contributed by atoms with Crippen LogP contribution in [0.3, 0.4) is 0 Å². The molecular formula is C13H22N2O5S. The zero-order valence-corrected chi connectivity index (χ0v) is 12.9. The molecule has 2 N–H and O–H groups in total. The molecule has 0 unspecified atom stereocenters. The quantitative estimate of drug-likeness (QED) is 0.769. The molecule has 0 aromatic heterocycles. The normalized spacial score (nSPS) is 31.0. The highest BCUT2D eigenvalue weighted by atomic mass is 32.2. The van der Waals surface area contributed by atoms with E-state index in [9.17, 15) is 18.0 Å². The molecule has 21 heavy (non-hydrogen) atoms. The second kappa shape index (κ2) is 6.31. The van der Waals surface area contributed by atoms with Gasteiger partial charge in [-0.1, -0.05) is 0 Å². The molecule has 1 atom stereocenters. The zero-order valence-electron chi connectivity index (χ0n) is 12.1. The third-order valence-corrected chi connectivity index (χ3v) is 5.64. The number of amides is 1. The molecule has 2 fully saturated rings. The van der Waals surface area contributed by atoms with Crippen molar-refractivity contribution in [3.63, 3.8) is 0 Å². The summed E-state index contributed by atoms with van der Waals surface area (Å²) in [5, 5.41) is 11.8. The van der Waals surface area contributed by atoms with Gasteiger partial charge in [-0.15, -0.1) is 0 Å². The van der Waals surface area contributed by atoms with Crippen molar-refractivity contribution in [1.29, 1.82) is 0 Å². The summed E-state index contributed by atoms with van der Waals surface area (Å²) in [6.07, 6.45) is 4.74. The fourth-order valence-electron chi connectivity index (χ4n) is 3.18. The molecule has 0 radical (unpaired) electrons. The van der Waals surface area contributed by atoms with E-state index in [0.717, 1.165) is 6.26 Å². The predicted molar refractivity (Wildman–Crippen MR) is 76.1 cm³/mol. The Kier molecular flexibility index (Phi) is 4.88. The molecule has 0 bridgehead atoms. The van der Waals surface area contributed by atoms with Crippen LogP contribution in [-0.4, -0.2) is 54.6 Å². The van der Waals surface area contributed by atoms with Crippen LogP contribution < -0.4 is 5.32 Å². The Balaban J connectivity index is 1.89. The number of carbonyl (C=O) groups excluding carboxylic acids is 1. The smallest absolute Gasteiger partial charge is 0.306 e. The number of aliphatic carboxylic acids is 1. The second-order valence-electron chi connectivity index (χ2n) is 5.93. The van der Waals surface area contributed by atoms with Gasteiger partial charge in [0, 0.05) is 12.6 Å². The molecule has 8 heteroatoms. The van der Waals surface area contributed by atoms with Gasteiger partial charge in [-0.3, -0.25) is 9.59 Å². The average Bonchev–Trinajstić information content (AvgIpc) is 2.88. The highest BCUT2D eigenvalue weighted by Crippen LogP contribution is 2.26. The molecule has 0 spiro atoms. The first-order valence-electron chi connectivity index (χ1n) is 7.29. The minimum atomic E-state index is -3.36. The van der Waals surface area contributed by atoms with Gasteiger partial charge in [0.15, 0.2) is 0 Å². The molecule has 0 aromatic carbocycles. The number of rotatable bonds is 4. The van der Waals surface area contributed by atoms with Crippen LogP contribution in [0.1, 0.15) is 38.5 Å². The highest BCUT2D eigenvalue weighted by Gasteiger charge is 2.37. The number of sulfonamides is 1. The van der Waals surface area contributed by atoms with Gasteiger partial charge in [-0.2, -0.15) is 4.31 Å². The van der Waals surface area contributed by atoms with Gasteiger partial charge in [0.2, 0.25) is 15.9 Å². The first-order chi connectivity index (χ1) is 9.79. The van der Waals surface area contributed by atoms with Crippen molar-refractivity contribution in [3.05, 3.63) is 0 Å². The maximum absolute atomic E-state index is 12.3. The van der Waals surface area contributed by atoms with Crippen LogP contribution in [0.4, 0.5) is 0 Å². The van der Waals surface area contributed by atoms with Crippen molar-refractivity contribution < 1.29 is 23.1 Å². The van der Waals surface area contributed by atoms with Crippen molar-refractivity contribution >= 4 is 21.9 Å². The number of carboxylic acids is 1. The van der Waals surface area contributed by atoms with Gasteiger partial charge < -0.3 is 10.4 Å². The number of hydrogen-bond donors (Lipinski definition) is 2. The van der Waals surface area contributed by atoms with Gasteiger partial charge in [0.05, 0.1) is 12.2 Å². The summed E-state index contributed by atoms with van der Waals surface area (Å²) in [6, 6.07) is -0.660. The summed E-state index contributed by atoms with van der Waals surface area (Å²) < 4.78 is 24.5. The van der Waals surface area contributed by atoms with Crippen LogP contribution >= 0.6 is 0 Å². The topological polar surface area (TPSA) is 104 Å². The summed E-state index contributed by atoms with van der Waals surface area (Å²) in [4.78, 5) is 23.1. The van der Waals surface area contributed by atoms with E-state index in [1.807, 2.05) is 0 Å². The number of nitrogens with zero attached hydrogens (tertiary/aromatic N) is 1. The fourth-order valence-corrected chi connectivity index (χ4v) is 4.31. The van der Waals surface area contributed by atoms with Gasteiger partial charge in [0.25, 0.3) is 0 Å². The number of hydrogen-bond acceptors (Lipinski definition) is 4. The lowest BCUT2D eigenvalue weighted by molar-refractivity contribution is -0.142. The molecule has 1 saturated carbocycles. The Morgan fingerprint density at radius 2 is 1.76 bits per heavy atom. The third-order valence-electron chi connectivity index (χ3n) is 4.36. The Labute approximate surface area is 124 Å². The Bertz CT molecular complexity index is 511. The summed E-state index contributed by atoms with van der Waals surface area (Å²) in [7, 11) is -3.36. The molecule has 7 nitrogen and oxygen atoms in total. The van der Waals surface area contributed by atoms with Crippen LogP contribution in [0.5, 0.6) is 0 Å². The fraction of sp³-hybridized carbons (Fsp3) is 0.846. The lowest BCUT2D eigenvalue weighted by atomic mass is 9.86. The van der Waals surface area contributed by atoms with Crippen LogP contribution in [0, 0.1) is 5.92 Å². The number of carbonyl (C=O) groups is 2. The lowest BCUT2D eigenvalue weighted by Gasteiger charge is -2.29. The molecule has 1 heterocycles. The minimum Gasteiger partial charge on any atom is -0.481 e. The van der Waals surface area contributed by atoms with E-state index in [1.165, 1.54) is 4.31 Å². The zero-order chi connectivity index (χ0) is 15.6. The van der Waals surface area contributed by atoms with Crippen molar-refractivity contribution in [3.8, 4) is 0 Å². The van der Waals surface area contributed by atoms with Crippen LogP contribution in [0.25, 0.3) is 0 Å². The molecule has 2 aliphatic rings. The molecule has 1 saturated heterocycles.